The van der Waals surface area contributed by atoms with Crippen LogP contribution in [0, 0.1) is 0 Å². The van der Waals surface area contributed by atoms with Crippen molar-refractivity contribution in [2.45, 2.75) is 0 Å². The Kier molecular flexibility index (Phi) is 2.68. The molecule has 0 atom stereocenters. The zero-order valence-corrected chi connectivity index (χ0v) is 9.95. The molecule has 4 heteroatoms. The van der Waals surface area contributed by atoms with E-state index in [1.165, 1.54) is 6.07 Å². The molecule has 2 heterocycles. The molecule has 3 rings (SSSR count). The van der Waals surface area contributed by atoms with Crippen molar-refractivity contribution in [1.29, 1.82) is 0 Å². The first-order valence-electron chi connectivity index (χ1n) is 5.79. The van der Waals surface area contributed by atoms with E-state index in [1.807, 2.05) is 12.1 Å². The minimum Gasteiger partial charge on any atom is -0.504 e. The topological polar surface area (TPSA) is 63.1 Å². The number of hydrogen-bond donors (Lipinski definition) is 1. The molecule has 0 aliphatic carbocycles. The van der Waals surface area contributed by atoms with Crippen LogP contribution in [-0.2, 0) is 0 Å². The number of rotatable bonds is 1. The third-order valence-electron chi connectivity index (χ3n) is 2.88. The van der Waals surface area contributed by atoms with Crippen LogP contribution in [0.15, 0.2) is 59.7 Å². The fraction of sp³-hybridized carbons (Fsp3) is 0. The smallest absolute Gasteiger partial charge is 0.220 e. The summed E-state index contributed by atoms with van der Waals surface area (Å²) in [6.45, 7) is 0. The van der Waals surface area contributed by atoms with Crippen molar-refractivity contribution in [2.24, 2.45) is 0 Å². The van der Waals surface area contributed by atoms with Crippen LogP contribution >= 0.6 is 0 Å². The minimum atomic E-state index is -0.423. The predicted molar refractivity (Wildman–Crippen MR) is 72.9 cm³/mol. The molecule has 0 aliphatic heterocycles. The van der Waals surface area contributed by atoms with Crippen LogP contribution in [0.2, 0.25) is 0 Å². The molecule has 0 spiro atoms. The first-order valence-corrected chi connectivity index (χ1v) is 5.79. The highest BCUT2D eigenvalue weighted by Crippen LogP contribution is 2.25. The van der Waals surface area contributed by atoms with Crippen LogP contribution in [-0.4, -0.2) is 15.1 Å². The van der Waals surface area contributed by atoms with Crippen LogP contribution in [0.3, 0.4) is 0 Å². The van der Waals surface area contributed by atoms with Gasteiger partial charge >= 0.3 is 0 Å². The van der Waals surface area contributed by atoms with E-state index in [2.05, 4.69) is 9.97 Å². The summed E-state index contributed by atoms with van der Waals surface area (Å²) in [6, 6.07) is 11.8. The fourth-order valence-electron chi connectivity index (χ4n) is 1.91. The molecule has 3 aromatic rings. The average molecular weight is 250 g/mol. The third kappa shape index (κ3) is 2.04. The van der Waals surface area contributed by atoms with E-state index >= 15 is 0 Å². The molecule has 0 saturated heterocycles. The Hall–Kier alpha value is -2.75. The first-order chi connectivity index (χ1) is 9.25. The summed E-state index contributed by atoms with van der Waals surface area (Å²) in [5.41, 5.74) is 1.26. The zero-order valence-electron chi connectivity index (χ0n) is 9.95. The number of hydrogen-bond acceptors (Lipinski definition) is 4. The Morgan fingerprint density at radius 3 is 2.74 bits per heavy atom. The Labute approximate surface area is 109 Å². The van der Waals surface area contributed by atoms with E-state index in [1.54, 1.807) is 36.7 Å². The molecule has 0 saturated carbocycles. The number of aromatic nitrogens is 2. The van der Waals surface area contributed by atoms with Crippen LogP contribution in [0.4, 0.5) is 0 Å². The van der Waals surface area contributed by atoms with Crippen LogP contribution < -0.4 is 5.43 Å². The lowest BCUT2D eigenvalue weighted by molar-refractivity contribution is 0.473. The summed E-state index contributed by atoms with van der Waals surface area (Å²) in [5.74, 6) is -0.291. The fourth-order valence-corrected chi connectivity index (χ4v) is 1.91. The van der Waals surface area contributed by atoms with Gasteiger partial charge in [0.2, 0.25) is 5.43 Å². The second-order valence-corrected chi connectivity index (χ2v) is 4.11. The van der Waals surface area contributed by atoms with Gasteiger partial charge in [-0.15, -0.1) is 0 Å². The number of pyridine rings is 2. The number of nitrogens with zero attached hydrogens (tertiary/aromatic N) is 2. The van der Waals surface area contributed by atoms with Gasteiger partial charge in [-0.1, -0.05) is 18.2 Å². The highest BCUT2D eigenvalue weighted by molar-refractivity contribution is 5.81. The van der Waals surface area contributed by atoms with Gasteiger partial charge in [-0.25, -0.2) is 4.98 Å². The Morgan fingerprint density at radius 2 is 1.84 bits per heavy atom. The van der Waals surface area contributed by atoms with Gasteiger partial charge in [-0.2, -0.15) is 0 Å². The number of aromatic hydroxyl groups is 1. The molecule has 1 aromatic carbocycles. The van der Waals surface area contributed by atoms with Crippen molar-refractivity contribution in [1.82, 2.24) is 9.97 Å². The monoisotopic (exact) mass is 250 g/mol. The van der Waals surface area contributed by atoms with Gasteiger partial charge in [0.25, 0.3) is 0 Å². The van der Waals surface area contributed by atoms with E-state index in [0.29, 0.717) is 11.3 Å². The quantitative estimate of drug-likeness (QED) is 0.720. The van der Waals surface area contributed by atoms with E-state index in [0.717, 1.165) is 10.9 Å². The molecule has 0 bridgehead atoms. The summed E-state index contributed by atoms with van der Waals surface area (Å²) < 4.78 is 0. The summed E-state index contributed by atoms with van der Waals surface area (Å²) in [6.07, 6.45) is 3.34. The molecule has 2 aromatic heterocycles. The molecule has 4 nitrogen and oxygen atoms in total. The first kappa shape index (κ1) is 11.3. The van der Waals surface area contributed by atoms with Crippen molar-refractivity contribution in [3.63, 3.8) is 0 Å². The SMILES string of the molecule is O=c1ccccc(-c2ccc3ccncc3n2)c1O. The molecular formula is C15H10N2O2. The maximum Gasteiger partial charge on any atom is 0.220 e. The van der Waals surface area contributed by atoms with Crippen molar-refractivity contribution in [2.75, 3.05) is 0 Å². The Balaban J connectivity index is 2.28. The molecule has 1 N–H and O–H groups in total. The van der Waals surface area contributed by atoms with Crippen molar-refractivity contribution in [3.05, 3.63) is 65.1 Å². The second-order valence-electron chi connectivity index (χ2n) is 4.11. The molecule has 0 unspecified atom stereocenters. The van der Waals surface area contributed by atoms with Gasteiger partial charge < -0.3 is 5.11 Å². The largest absolute Gasteiger partial charge is 0.504 e. The van der Waals surface area contributed by atoms with Crippen LogP contribution in [0.5, 0.6) is 5.75 Å². The third-order valence-corrected chi connectivity index (χ3v) is 2.88. The lowest BCUT2D eigenvalue weighted by Gasteiger charge is -2.02. The summed E-state index contributed by atoms with van der Waals surface area (Å²) in [7, 11) is 0. The highest BCUT2D eigenvalue weighted by atomic mass is 16.3. The van der Waals surface area contributed by atoms with E-state index in [9.17, 15) is 9.90 Å². The maximum atomic E-state index is 11.6. The summed E-state index contributed by atoms with van der Waals surface area (Å²) in [4.78, 5) is 20.0. The molecule has 0 radical (unpaired) electrons. The van der Waals surface area contributed by atoms with Crippen molar-refractivity contribution < 1.29 is 5.11 Å². The lowest BCUT2D eigenvalue weighted by Crippen LogP contribution is -1.95. The van der Waals surface area contributed by atoms with Gasteiger partial charge in [-0.05, 0) is 24.3 Å². The molecule has 0 amide bonds. The van der Waals surface area contributed by atoms with Crippen LogP contribution in [0.1, 0.15) is 0 Å². The van der Waals surface area contributed by atoms with Gasteiger partial charge in [0.1, 0.15) is 0 Å². The zero-order chi connectivity index (χ0) is 13.2. The molecule has 19 heavy (non-hydrogen) atoms. The highest BCUT2D eigenvalue weighted by Gasteiger charge is 2.07. The Morgan fingerprint density at radius 1 is 1.00 bits per heavy atom. The molecule has 0 fully saturated rings. The standard InChI is InChI=1S/C15H10N2O2/c18-14-4-2-1-3-11(15(14)19)12-6-5-10-7-8-16-9-13(10)17-12/h1-9H,(H,18,19). The molecule has 0 aliphatic rings. The number of fused-ring (bicyclic) bond motifs is 1. The molecule has 92 valence electrons. The minimum absolute atomic E-state index is 0.291. The van der Waals surface area contributed by atoms with Crippen molar-refractivity contribution in [3.8, 4) is 17.0 Å². The summed E-state index contributed by atoms with van der Waals surface area (Å²) in [5, 5.41) is 10.9. The van der Waals surface area contributed by atoms with Gasteiger partial charge in [0, 0.05) is 17.1 Å². The van der Waals surface area contributed by atoms with E-state index in [-0.39, 0.29) is 5.75 Å². The molecular weight excluding hydrogens is 240 g/mol. The van der Waals surface area contributed by atoms with Gasteiger partial charge in [-0.3, -0.25) is 9.78 Å². The van der Waals surface area contributed by atoms with Crippen molar-refractivity contribution >= 4 is 10.9 Å². The van der Waals surface area contributed by atoms with E-state index in [4.69, 9.17) is 0 Å². The van der Waals surface area contributed by atoms with Gasteiger partial charge in [0.05, 0.1) is 17.4 Å². The normalized spacial score (nSPS) is 10.5. The lowest BCUT2D eigenvalue weighted by atomic mass is 10.1. The maximum absolute atomic E-state index is 11.6. The average Bonchev–Trinajstić information content (AvgIpc) is 2.61. The summed E-state index contributed by atoms with van der Waals surface area (Å²) >= 11 is 0. The Bertz CT molecular complexity index is 816. The van der Waals surface area contributed by atoms with E-state index < -0.39 is 5.43 Å². The second kappa shape index (κ2) is 4.49. The van der Waals surface area contributed by atoms with Crippen LogP contribution in [0.25, 0.3) is 22.2 Å². The van der Waals surface area contributed by atoms with Gasteiger partial charge in [0.15, 0.2) is 5.75 Å². The predicted octanol–water partition coefficient (Wildman–Crippen LogP) is 2.36.